The number of aromatic carboxylic acids is 1. The Labute approximate surface area is 177 Å². The first-order chi connectivity index (χ1) is 14.4. The molecule has 0 saturated carbocycles. The van der Waals surface area contributed by atoms with E-state index in [0.717, 1.165) is 12.1 Å². The number of nitrogens with two attached hydrogens (primary N) is 1. The average Bonchev–Trinajstić information content (AvgIpc) is 3.05. The Morgan fingerprint density at radius 3 is 2.52 bits per heavy atom. The Morgan fingerprint density at radius 1 is 1.26 bits per heavy atom. The van der Waals surface area contributed by atoms with Crippen LogP contribution >= 0.6 is 0 Å². The molecule has 0 radical (unpaired) electrons. The summed E-state index contributed by atoms with van der Waals surface area (Å²) in [6.45, 7) is 4.66. The smallest absolute Gasteiger partial charge is 0.356 e. The van der Waals surface area contributed by atoms with Crippen molar-refractivity contribution in [2.45, 2.75) is 58.4 Å². The summed E-state index contributed by atoms with van der Waals surface area (Å²) in [4.78, 5) is 29.7. The maximum Gasteiger partial charge on any atom is 0.356 e. The largest absolute Gasteiger partial charge is 0.476 e. The van der Waals surface area contributed by atoms with Gasteiger partial charge in [0, 0.05) is 25.6 Å². The summed E-state index contributed by atoms with van der Waals surface area (Å²) in [5.41, 5.74) is 5.28. The van der Waals surface area contributed by atoms with E-state index >= 15 is 0 Å². The Kier molecular flexibility index (Phi) is 6.13. The van der Waals surface area contributed by atoms with E-state index in [0.29, 0.717) is 11.1 Å². The number of rotatable bonds is 6. The number of carbonyl (C=O) groups is 2. The third kappa shape index (κ3) is 4.73. The van der Waals surface area contributed by atoms with Crippen molar-refractivity contribution in [1.29, 1.82) is 0 Å². The molecular formula is C21H25F3N4O3. The molecule has 168 valence electrons. The highest BCUT2D eigenvalue weighted by atomic mass is 19.2. The molecule has 3 rings (SSSR count). The monoisotopic (exact) mass is 438 g/mol. The topological polar surface area (TPSA) is 101 Å². The molecule has 7 nitrogen and oxygen atoms in total. The predicted octanol–water partition coefficient (Wildman–Crippen LogP) is 2.67. The Balaban J connectivity index is 1.73. The lowest BCUT2D eigenvalue weighted by Gasteiger charge is -2.31. The zero-order valence-corrected chi connectivity index (χ0v) is 17.6. The zero-order chi connectivity index (χ0) is 23.1. The third-order valence-corrected chi connectivity index (χ3v) is 5.39. The molecule has 31 heavy (non-hydrogen) atoms. The van der Waals surface area contributed by atoms with E-state index in [4.69, 9.17) is 5.73 Å². The van der Waals surface area contributed by atoms with Crippen molar-refractivity contribution in [3.8, 4) is 0 Å². The highest BCUT2D eigenvalue weighted by Crippen LogP contribution is 2.29. The molecule has 0 spiro atoms. The SMILES string of the molecule is Cc1cc(F)c(F)cc1CC(N)CC(=O)N1CCn2c(C(C)(C)F)nc(C(=O)O)c2C1. The quantitative estimate of drug-likeness (QED) is 0.722. The average molecular weight is 438 g/mol. The van der Waals surface area contributed by atoms with Crippen molar-refractivity contribution < 1.29 is 27.9 Å². The molecule has 2 aromatic rings. The fourth-order valence-electron chi connectivity index (χ4n) is 3.82. The number of aryl methyl sites for hydroxylation is 1. The van der Waals surface area contributed by atoms with Gasteiger partial charge in [-0.1, -0.05) is 0 Å². The fourth-order valence-corrected chi connectivity index (χ4v) is 3.82. The molecule has 10 heteroatoms. The van der Waals surface area contributed by atoms with Crippen molar-refractivity contribution in [3.05, 3.63) is 52.1 Å². The molecule has 1 amide bonds. The summed E-state index contributed by atoms with van der Waals surface area (Å²) in [6.07, 6.45) is 0.123. The normalized spacial score (nSPS) is 15.0. The number of carboxylic acids is 1. The number of carbonyl (C=O) groups excluding carboxylic acids is 1. The number of amides is 1. The number of aromatic nitrogens is 2. The summed E-state index contributed by atoms with van der Waals surface area (Å²) < 4.78 is 42.8. The van der Waals surface area contributed by atoms with Gasteiger partial charge in [0.1, 0.15) is 5.82 Å². The highest BCUT2D eigenvalue weighted by molar-refractivity contribution is 5.87. The van der Waals surface area contributed by atoms with Gasteiger partial charge >= 0.3 is 5.97 Å². The molecule has 1 unspecified atom stereocenters. The summed E-state index contributed by atoms with van der Waals surface area (Å²) in [7, 11) is 0. The molecule has 3 N–H and O–H groups in total. The van der Waals surface area contributed by atoms with Crippen molar-refractivity contribution >= 4 is 11.9 Å². The van der Waals surface area contributed by atoms with Gasteiger partial charge in [-0.25, -0.2) is 22.9 Å². The van der Waals surface area contributed by atoms with Gasteiger partial charge in [-0.3, -0.25) is 4.79 Å². The minimum absolute atomic E-state index is 0.0116. The van der Waals surface area contributed by atoms with Crippen LogP contribution in [0.4, 0.5) is 13.2 Å². The molecule has 1 aromatic carbocycles. The third-order valence-electron chi connectivity index (χ3n) is 5.39. The van der Waals surface area contributed by atoms with Gasteiger partial charge in [0.05, 0.1) is 12.2 Å². The lowest BCUT2D eigenvalue weighted by molar-refractivity contribution is -0.133. The van der Waals surface area contributed by atoms with E-state index in [2.05, 4.69) is 4.98 Å². The maximum atomic E-state index is 14.5. The first kappa shape index (κ1) is 22.8. The molecular weight excluding hydrogens is 413 g/mol. The first-order valence-corrected chi connectivity index (χ1v) is 9.88. The standard InChI is InChI=1S/C21H25F3N4O3/c1-11-6-14(22)15(23)8-12(11)7-13(25)9-17(29)27-4-5-28-16(10-27)18(19(30)31)26-20(28)21(2,3)24/h6,8,13H,4-5,7,9-10,25H2,1-3H3,(H,30,31). The summed E-state index contributed by atoms with van der Waals surface area (Å²) in [5, 5.41) is 9.44. The van der Waals surface area contributed by atoms with E-state index in [9.17, 15) is 27.9 Å². The van der Waals surface area contributed by atoms with E-state index in [1.54, 1.807) is 6.92 Å². The minimum Gasteiger partial charge on any atom is -0.476 e. The van der Waals surface area contributed by atoms with E-state index < -0.39 is 29.3 Å². The second kappa shape index (κ2) is 8.33. The Morgan fingerprint density at radius 2 is 1.90 bits per heavy atom. The molecule has 0 fully saturated rings. The Hall–Kier alpha value is -2.88. The van der Waals surface area contributed by atoms with Crippen LogP contribution in [-0.4, -0.2) is 44.0 Å². The van der Waals surface area contributed by atoms with E-state index in [1.807, 2.05) is 0 Å². The van der Waals surface area contributed by atoms with Gasteiger partial charge in [0.2, 0.25) is 5.91 Å². The summed E-state index contributed by atoms with van der Waals surface area (Å²) >= 11 is 0. The molecule has 1 aliphatic heterocycles. The van der Waals surface area contributed by atoms with Gasteiger partial charge in [-0.15, -0.1) is 0 Å². The Bertz CT molecular complexity index is 1030. The lowest BCUT2D eigenvalue weighted by atomic mass is 9.99. The zero-order valence-electron chi connectivity index (χ0n) is 17.6. The van der Waals surface area contributed by atoms with Crippen molar-refractivity contribution in [2.75, 3.05) is 6.54 Å². The van der Waals surface area contributed by atoms with Crippen LogP contribution in [0.5, 0.6) is 0 Å². The predicted molar refractivity (Wildman–Crippen MR) is 106 cm³/mol. The maximum absolute atomic E-state index is 14.5. The van der Waals surface area contributed by atoms with Gasteiger partial charge in [0.15, 0.2) is 23.0 Å². The molecule has 1 aliphatic rings. The number of benzene rings is 1. The van der Waals surface area contributed by atoms with Crippen LogP contribution in [0.15, 0.2) is 12.1 Å². The van der Waals surface area contributed by atoms with Gasteiger partial charge in [-0.05, 0) is 50.5 Å². The van der Waals surface area contributed by atoms with Crippen LogP contribution in [0.2, 0.25) is 0 Å². The van der Waals surface area contributed by atoms with Crippen LogP contribution in [0.1, 0.15) is 53.4 Å². The molecule has 0 aliphatic carbocycles. The van der Waals surface area contributed by atoms with E-state index in [-0.39, 0.29) is 55.6 Å². The number of nitrogens with zero attached hydrogens (tertiary/aromatic N) is 3. The van der Waals surface area contributed by atoms with E-state index in [1.165, 1.54) is 23.3 Å². The number of alkyl halides is 1. The van der Waals surface area contributed by atoms with Gasteiger partial charge in [0.25, 0.3) is 0 Å². The highest BCUT2D eigenvalue weighted by Gasteiger charge is 2.35. The van der Waals surface area contributed by atoms with Crippen LogP contribution in [-0.2, 0) is 30.0 Å². The van der Waals surface area contributed by atoms with Crippen molar-refractivity contribution in [2.24, 2.45) is 5.73 Å². The number of hydrogen-bond acceptors (Lipinski definition) is 4. The van der Waals surface area contributed by atoms with Crippen molar-refractivity contribution in [3.63, 3.8) is 0 Å². The second-order valence-corrected chi connectivity index (χ2v) is 8.34. The minimum atomic E-state index is -1.83. The van der Waals surface area contributed by atoms with Crippen LogP contribution in [0.3, 0.4) is 0 Å². The summed E-state index contributed by atoms with van der Waals surface area (Å²) in [5.74, 6) is -3.51. The molecule has 0 bridgehead atoms. The molecule has 0 saturated heterocycles. The van der Waals surface area contributed by atoms with Crippen LogP contribution in [0.25, 0.3) is 0 Å². The second-order valence-electron chi connectivity index (χ2n) is 8.34. The summed E-state index contributed by atoms with van der Waals surface area (Å²) in [6, 6.07) is 1.53. The number of hydrogen-bond donors (Lipinski definition) is 2. The number of halogens is 3. The van der Waals surface area contributed by atoms with Crippen molar-refractivity contribution in [1.82, 2.24) is 14.5 Å². The van der Waals surface area contributed by atoms with Crippen LogP contribution < -0.4 is 5.73 Å². The van der Waals surface area contributed by atoms with Crippen LogP contribution in [0, 0.1) is 18.6 Å². The fraction of sp³-hybridized carbons (Fsp3) is 0.476. The number of carboxylic acid groups (broad SMARTS) is 1. The lowest BCUT2D eigenvalue weighted by Crippen LogP contribution is -2.42. The molecule has 1 atom stereocenters. The van der Waals surface area contributed by atoms with Gasteiger partial charge in [-0.2, -0.15) is 0 Å². The van der Waals surface area contributed by atoms with Gasteiger partial charge < -0.3 is 20.3 Å². The molecule has 1 aromatic heterocycles. The number of fused-ring (bicyclic) bond motifs is 1. The number of imidazole rings is 1. The first-order valence-electron chi connectivity index (χ1n) is 9.88. The molecule has 2 heterocycles.